The molecule has 1 unspecified atom stereocenters. The number of urea groups is 1. The topological polar surface area (TPSA) is 51.7 Å². The van der Waals surface area contributed by atoms with Crippen LogP contribution in [0, 0.1) is 0 Å². The summed E-state index contributed by atoms with van der Waals surface area (Å²) in [6, 6.07) is 12.2. The minimum absolute atomic E-state index is 0.0505. The number of benzene rings is 1. The number of para-hydroxylation sites is 1. The van der Waals surface area contributed by atoms with Gasteiger partial charge in [-0.25, -0.2) is 4.79 Å². The number of hydrogen-bond acceptors (Lipinski definition) is 4. The molecule has 2 aliphatic heterocycles. The third kappa shape index (κ3) is 4.56. The molecule has 2 saturated heterocycles. The average molecular weight is 400 g/mol. The van der Waals surface area contributed by atoms with Crippen LogP contribution in [0.1, 0.15) is 12.0 Å². The van der Waals surface area contributed by atoms with Gasteiger partial charge >= 0.3 is 6.03 Å². The van der Waals surface area contributed by atoms with Crippen molar-refractivity contribution in [2.75, 3.05) is 44.2 Å². The number of carbonyl (C=O) groups is 1. The van der Waals surface area contributed by atoms with Crippen LogP contribution in [0.4, 0.5) is 10.5 Å². The lowest BCUT2D eigenvalue weighted by molar-refractivity contribution is 0.133. The normalized spacial score (nSPS) is 20.4. The van der Waals surface area contributed by atoms with Crippen molar-refractivity contribution in [1.82, 2.24) is 20.1 Å². The summed E-state index contributed by atoms with van der Waals surface area (Å²) in [7, 11) is 0. The number of hydrogen-bond donors (Lipinski definition) is 1. The van der Waals surface area contributed by atoms with E-state index in [9.17, 15) is 4.79 Å². The number of halogens is 1. The summed E-state index contributed by atoms with van der Waals surface area (Å²) in [6.45, 7) is 5.94. The van der Waals surface area contributed by atoms with Crippen molar-refractivity contribution in [1.29, 1.82) is 0 Å². The second-order valence-electron chi connectivity index (χ2n) is 7.45. The van der Waals surface area contributed by atoms with Gasteiger partial charge in [-0.05, 0) is 36.2 Å². The van der Waals surface area contributed by atoms with E-state index < -0.39 is 0 Å². The minimum atomic E-state index is 0.0505. The highest BCUT2D eigenvalue weighted by Crippen LogP contribution is 2.28. The molecule has 2 amide bonds. The van der Waals surface area contributed by atoms with Gasteiger partial charge in [0.1, 0.15) is 0 Å². The molecule has 7 heteroatoms. The molecular formula is C21H26ClN5O. The molecule has 1 N–H and O–H groups in total. The number of nitrogens with one attached hydrogen (secondary N) is 1. The molecule has 0 saturated carbocycles. The van der Waals surface area contributed by atoms with Gasteiger partial charge in [0.2, 0.25) is 0 Å². The molecule has 6 nitrogen and oxygen atoms in total. The van der Waals surface area contributed by atoms with Crippen LogP contribution in [0.15, 0.2) is 48.8 Å². The van der Waals surface area contributed by atoms with Crippen LogP contribution in [0.2, 0.25) is 5.02 Å². The maximum Gasteiger partial charge on any atom is 0.317 e. The van der Waals surface area contributed by atoms with Crippen molar-refractivity contribution >= 4 is 23.3 Å². The highest BCUT2D eigenvalue weighted by molar-refractivity contribution is 6.33. The van der Waals surface area contributed by atoms with Crippen LogP contribution < -0.4 is 10.2 Å². The summed E-state index contributed by atoms with van der Waals surface area (Å²) in [5.41, 5.74) is 2.31. The Morgan fingerprint density at radius 1 is 1.07 bits per heavy atom. The Morgan fingerprint density at radius 3 is 2.57 bits per heavy atom. The van der Waals surface area contributed by atoms with Gasteiger partial charge in [0.05, 0.1) is 10.7 Å². The second kappa shape index (κ2) is 8.80. The number of piperazine rings is 1. The fourth-order valence-electron chi connectivity index (χ4n) is 3.93. The molecule has 2 aliphatic rings. The maximum atomic E-state index is 12.7. The highest BCUT2D eigenvalue weighted by Gasteiger charge is 2.28. The van der Waals surface area contributed by atoms with Crippen molar-refractivity contribution in [3.05, 3.63) is 59.4 Å². The Bertz CT molecular complexity index is 794. The van der Waals surface area contributed by atoms with Crippen LogP contribution >= 0.6 is 11.6 Å². The summed E-state index contributed by atoms with van der Waals surface area (Å²) in [5, 5.41) is 3.97. The SMILES string of the molecule is O=C(NC1CCN(c2ccccc2Cl)C1)N1CCN(Cc2ccncc2)CC1. The number of carbonyl (C=O) groups excluding carboxylic acids is 1. The summed E-state index contributed by atoms with van der Waals surface area (Å²) < 4.78 is 0. The van der Waals surface area contributed by atoms with Crippen molar-refractivity contribution in [3.8, 4) is 0 Å². The van der Waals surface area contributed by atoms with Crippen LogP contribution in [0.5, 0.6) is 0 Å². The van der Waals surface area contributed by atoms with Crippen molar-refractivity contribution in [2.24, 2.45) is 0 Å². The monoisotopic (exact) mass is 399 g/mol. The first-order valence-electron chi connectivity index (χ1n) is 9.85. The van der Waals surface area contributed by atoms with Crippen LogP contribution in [0.3, 0.4) is 0 Å². The lowest BCUT2D eigenvalue weighted by atomic mass is 10.2. The molecule has 2 fully saturated rings. The zero-order valence-electron chi connectivity index (χ0n) is 15.9. The molecule has 148 valence electrons. The predicted octanol–water partition coefficient (Wildman–Crippen LogP) is 2.84. The number of anilines is 1. The van der Waals surface area contributed by atoms with Crippen LogP contribution in [0.25, 0.3) is 0 Å². The van der Waals surface area contributed by atoms with E-state index in [4.69, 9.17) is 11.6 Å². The largest absolute Gasteiger partial charge is 0.368 e. The lowest BCUT2D eigenvalue weighted by Crippen LogP contribution is -2.53. The van der Waals surface area contributed by atoms with Gasteiger partial charge in [0.15, 0.2) is 0 Å². The predicted molar refractivity (Wildman–Crippen MR) is 112 cm³/mol. The Kier molecular flexibility index (Phi) is 5.98. The first-order valence-corrected chi connectivity index (χ1v) is 10.2. The number of pyridine rings is 1. The minimum Gasteiger partial charge on any atom is -0.368 e. The molecule has 28 heavy (non-hydrogen) atoms. The van der Waals surface area contributed by atoms with Crippen molar-refractivity contribution in [2.45, 2.75) is 19.0 Å². The maximum absolute atomic E-state index is 12.7. The van der Waals surface area contributed by atoms with E-state index in [0.717, 1.165) is 62.9 Å². The molecule has 2 aromatic rings. The van der Waals surface area contributed by atoms with E-state index in [1.165, 1.54) is 5.56 Å². The van der Waals surface area contributed by atoms with Crippen LogP contribution in [-0.2, 0) is 6.54 Å². The first kappa shape index (κ1) is 19.0. The van der Waals surface area contributed by atoms with Gasteiger partial charge in [0, 0.05) is 64.2 Å². The quantitative estimate of drug-likeness (QED) is 0.858. The number of rotatable bonds is 4. The standard InChI is InChI=1S/C21H26ClN5O/c22-19-3-1-2-4-20(19)27-10-7-18(16-27)24-21(28)26-13-11-25(12-14-26)15-17-5-8-23-9-6-17/h1-6,8-9,18H,7,10-16H2,(H,24,28). The third-order valence-electron chi connectivity index (χ3n) is 5.52. The fraction of sp³-hybridized carbons (Fsp3) is 0.429. The van der Waals surface area contributed by atoms with Gasteiger partial charge < -0.3 is 15.1 Å². The van der Waals surface area contributed by atoms with Gasteiger partial charge in [-0.2, -0.15) is 0 Å². The van der Waals surface area contributed by atoms with Crippen LogP contribution in [-0.4, -0.2) is 66.1 Å². The van der Waals surface area contributed by atoms with E-state index in [1.54, 1.807) is 0 Å². The molecule has 0 spiro atoms. The molecular weight excluding hydrogens is 374 g/mol. The van der Waals surface area contributed by atoms with Gasteiger partial charge in [-0.1, -0.05) is 23.7 Å². The summed E-state index contributed by atoms with van der Waals surface area (Å²) >= 11 is 6.31. The Labute approximate surface area is 171 Å². The fourth-order valence-corrected chi connectivity index (χ4v) is 4.18. The first-order chi connectivity index (χ1) is 13.7. The molecule has 0 bridgehead atoms. The van der Waals surface area contributed by atoms with E-state index in [2.05, 4.69) is 20.1 Å². The smallest absolute Gasteiger partial charge is 0.317 e. The molecule has 1 aromatic heterocycles. The molecule has 1 aromatic carbocycles. The Morgan fingerprint density at radius 2 is 1.82 bits per heavy atom. The zero-order chi connectivity index (χ0) is 19.3. The highest BCUT2D eigenvalue weighted by atomic mass is 35.5. The van der Waals surface area contributed by atoms with E-state index in [-0.39, 0.29) is 12.1 Å². The molecule has 3 heterocycles. The van der Waals surface area contributed by atoms with E-state index >= 15 is 0 Å². The lowest BCUT2D eigenvalue weighted by Gasteiger charge is -2.35. The molecule has 4 rings (SSSR count). The second-order valence-corrected chi connectivity index (χ2v) is 7.86. The van der Waals surface area contributed by atoms with Gasteiger partial charge in [0.25, 0.3) is 0 Å². The van der Waals surface area contributed by atoms with E-state index in [0.29, 0.717) is 0 Å². The third-order valence-corrected chi connectivity index (χ3v) is 5.84. The van der Waals surface area contributed by atoms with Gasteiger partial charge in [-0.3, -0.25) is 9.88 Å². The summed E-state index contributed by atoms with van der Waals surface area (Å²) in [4.78, 5) is 23.3. The molecule has 0 aliphatic carbocycles. The average Bonchev–Trinajstić information content (AvgIpc) is 3.18. The number of aromatic nitrogens is 1. The zero-order valence-corrected chi connectivity index (χ0v) is 16.7. The van der Waals surface area contributed by atoms with Crippen molar-refractivity contribution < 1.29 is 4.79 Å². The Hall–Kier alpha value is -2.31. The molecule has 1 atom stereocenters. The Balaban J connectivity index is 1.23. The summed E-state index contributed by atoms with van der Waals surface area (Å²) in [6.07, 6.45) is 4.60. The summed E-state index contributed by atoms with van der Waals surface area (Å²) in [5.74, 6) is 0. The van der Waals surface area contributed by atoms with Gasteiger partial charge in [-0.15, -0.1) is 0 Å². The molecule has 0 radical (unpaired) electrons. The van der Waals surface area contributed by atoms with Crippen molar-refractivity contribution in [3.63, 3.8) is 0 Å². The number of amides is 2. The number of nitrogens with zero attached hydrogens (tertiary/aromatic N) is 4. The van der Waals surface area contributed by atoms with E-state index in [1.807, 2.05) is 53.7 Å².